The van der Waals surface area contributed by atoms with Gasteiger partial charge >= 0.3 is 0 Å². The summed E-state index contributed by atoms with van der Waals surface area (Å²) >= 11 is 0. The van der Waals surface area contributed by atoms with Crippen LogP contribution in [0.25, 0.3) is 22.2 Å². The van der Waals surface area contributed by atoms with Crippen LogP contribution in [0.15, 0.2) is 71.9 Å². The number of carbonyl (C=O) groups excluding carboxylic acids is 1. The van der Waals surface area contributed by atoms with Crippen molar-refractivity contribution >= 4 is 33.8 Å². The van der Waals surface area contributed by atoms with Crippen molar-refractivity contribution in [2.45, 2.75) is 10.9 Å². The average Bonchev–Trinajstić information content (AvgIpc) is 3.17. The lowest BCUT2D eigenvalue weighted by Crippen LogP contribution is -2.12. The van der Waals surface area contributed by atoms with E-state index in [9.17, 15) is 9.00 Å². The third kappa shape index (κ3) is 3.84. The highest BCUT2D eigenvalue weighted by atomic mass is 32.2. The minimum Gasteiger partial charge on any atom is -0.377 e. The molecule has 3 aromatic carbocycles. The number of para-hydroxylation sites is 1. The number of benzene rings is 3. The number of aldehydes is 1. The van der Waals surface area contributed by atoms with E-state index >= 15 is 0 Å². The monoisotopic (exact) mass is 403 g/mol. The summed E-state index contributed by atoms with van der Waals surface area (Å²) in [4.78, 5) is 21.1. The molecule has 0 fully saturated rings. The van der Waals surface area contributed by atoms with Crippen molar-refractivity contribution < 1.29 is 9.00 Å². The predicted molar refractivity (Wildman–Crippen MR) is 118 cm³/mol. The fourth-order valence-corrected chi connectivity index (χ4v) is 4.49. The van der Waals surface area contributed by atoms with Gasteiger partial charge in [-0.05, 0) is 34.9 Å². The van der Waals surface area contributed by atoms with E-state index in [1.165, 1.54) is 0 Å². The number of anilines is 1. The SMILES string of the molecule is CN(C)c1ccccc1CS(=O)c1nc2ccc(-c3ccccc3C=O)cc2[nH]1. The number of nitrogens with zero attached hydrogens (tertiary/aromatic N) is 2. The van der Waals surface area contributed by atoms with Crippen molar-refractivity contribution in [2.75, 3.05) is 19.0 Å². The van der Waals surface area contributed by atoms with E-state index in [-0.39, 0.29) is 0 Å². The summed E-state index contributed by atoms with van der Waals surface area (Å²) in [5, 5.41) is 0.453. The summed E-state index contributed by atoms with van der Waals surface area (Å²) < 4.78 is 13.0. The zero-order chi connectivity index (χ0) is 20.4. The molecule has 0 radical (unpaired) electrons. The quantitative estimate of drug-likeness (QED) is 0.484. The van der Waals surface area contributed by atoms with Gasteiger partial charge in [0.05, 0.1) is 27.6 Å². The van der Waals surface area contributed by atoms with E-state index in [1.807, 2.05) is 79.7 Å². The molecule has 0 aliphatic carbocycles. The molecule has 29 heavy (non-hydrogen) atoms. The third-order valence-electron chi connectivity index (χ3n) is 4.83. The molecule has 5 nitrogen and oxygen atoms in total. The second-order valence-corrected chi connectivity index (χ2v) is 8.36. The standard InChI is InChI=1S/C23H21N3O2S/c1-26(2)22-10-6-4-8-18(22)15-29(28)23-24-20-12-11-16(13-21(20)25-23)19-9-5-3-7-17(19)14-27/h3-14H,15H2,1-2H3,(H,24,25). The first-order chi connectivity index (χ1) is 14.1. The van der Waals surface area contributed by atoms with Gasteiger partial charge in [0.1, 0.15) is 0 Å². The molecule has 0 bridgehead atoms. The maximum Gasteiger partial charge on any atom is 0.197 e. The lowest BCUT2D eigenvalue weighted by molar-refractivity contribution is 0.112. The number of hydrogen-bond donors (Lipinski definition) is 1. The molecule has 146 valence electrons. The molecule has 0 amide bonds. The first-order valence-corrected chi connectivity index (χ1v) is 10.6. The van der Waals surface area contributed by atoms with Crippen LogP contribution < -0.4 is 4.90 Å². The molecule has 1 unspecified atom stereocenters. The molecule has 1 aromatic heterocycles. The van der Waals surface area contributed by atoms with E-state index in [0.29, 0.717) is 16.5 Å². The number of carbonyl (C=O) groups is 1. The van der Waals surface area contributed by atoms with Gasteiger partial charge in [0.15, 0.2) is 11.4 Å². The van der Waals surface area contributed by atoms with Crippen LogP contribution >= 0.6 is 0 Å². The Morgan fingerprint density at radius 3 is 2.59 bits per heavy atom. The maximum absolute atomic E-state index is 13.0. The fourth-order valence-electron chi connectivity index (χ4n) is 3.40. The van der Waals surface area contributed by atoms with E-state index in [1.54, 1.807) is 6.07 Å². The Bertz CT molecular complexity index is 1210. The lowest BCUT2D eigenvalue weighted by Gasteiger charge is -2.16. The molecule has 1 atom stereocenters. The highest BCUT2D eigenvalue weighted by Gasteiger charge is 2.14. The molecular formula is C23H21N3O2S. The van der Waals surface area contributed by atoms with Crippen molar-refractivity contribution in [3.63, 3.8) is 0 Å². The van der Waals surface area contributed by atoms with E-state index in [2.05, 4.69) is 9.97 Å². The predicted octanol–water partition coefficient (Wildman–Crippen LogP) is 4.42. The van der Waals surface area contributed by atoms with E-state index < -0.39 is 10.8 Å². The summed E-state index contributed by atoms with van der Waals surface area (Å²) in [6.07, 6.45) is 0.856. The average molecular weight is 404 g/mol. The van der Waals surface area contributed by atoms with Crippen molar-refractivity contribution in [3.8, 4) is 11.1 Å². The number of rotatable bonds is 6. The van der Waals surface area contributed by atoms with Gasteiger partial charge in [-0.25, -0.2) is 4.98 Å². The molecule has 0 spiro atoms. The van der Waals surface area contributed by atoms with Crippen LogP contribution in [0.4, 0.5) is 5.69 Å². The summed E-state index contributed by atoms with van der Waals surface area (Å²) in [5.41, 5.74) is 6.02. The van der Waals surface area contributed by atoms with Crippen molar-refractivity contribution in [1.82, 2.24) is 9.97 Å². The number of aromatic nitrogens is 2. The van der Waals surface area contributed by atoms with Crippen LogP contribution in [-0.2, 0) is 16.6 Å². The highest BCUT2D eigenvalue weighted by molar-refractivity contribution is 7.84. The fraction of sp³-hybridized carbons (Fsp3) is 0.130. The topological polar surface area (TPSA) is 66.1 Å². The normalized spacial score (nSPS) is 12.1. The number of H-pyrrole nitrogens is 1. The van der Waals surface area contributed by atoms with Crippen LogP contribution in [0.1, 0.15) is 15.9 Å². The molecule has 4 aromatic rings. The molecule has 0 saturated carbocycles. The van der Waals surface area contributed by atoms with Crippen molar-refractivity contribution in [2.24, 2.45) is 0 Å². The number of aromatic amines is 1. The van der Waals surface area contributed by atoms with Gasteiger partial charge < -0.3 is 9.88 Å². The van der Waals surface area contributed by atoms with Gasteiger partial charge in [0, 0.05) is 25.3 Å². The number of hydrogen-bond acceptors (Lipinski definition) is 4. The van der Waals surface area contributed by atoms with Gasteiger partial charge in [0.25, 0.3) is 0 Å². The number of imidazole rings is 1. The van der Waals surface area contributed by atoms with Gasteiger partial charge in [-0.2, -0.15) is 0 Å². The largest absolute Gasteiger partial charge is 0.377 e. The molecule has 1 heterocycles. The molecule has 0 aliphatic rings. The summed E-state index contributed by atoms with van der Waals surface area (Å²) in [6, 6.07) is 21.1. The van der Waals surface area contributed by atoms with Crippen LogP contribution in [0.5, 0.6) is 0 Å². The summed E-state index contributed by atoms with van der Waals surface area (Å²) in [7, 11) is 2.65. The molecule has 6 heteroatoms. The van der Waals surface area contributed by atoms with Gasteiger partial charge in [-0.3, -0.25) is 9.00 Å². The Balaban J connectivity index is 1.66. The molecule has 0 aliphatic heterocycles. The van der Waals surface area contributed by atoms with E-state index in [4.69, 9.17) is 0 Å². The summed E-state index contributed by atoms with van der Waals surface area (Å²) in [6.45, 7) is 0. The van der Waals surface area contributed by atoms with Crippen molar-refractivity contribution in [3.05, 3.63) is 77.9 Å². The second-order valence-electron chi connectivity index (χ2n) is 6.99. The Hall–Kier alpha value is -3.25. The van der Waals surface area contributed by atoms with Crippen LogP contribution in [0.3, 0.4) is 0 Å². The zero-order valence-corrected chi connectivity index (χ0v) is 17.1. The highest BCUT2D eigenvalue weighted by Crippen LogP contribution is 2.27. The second kappa shape index (κ2) is 8.01. The minimum atomic E-state index is -1.30. The molecular weight excluding hydrogens is 382 g/mol. The smallest absolute Gasteiger partial charge is 0.197 e. The Morgan fingerprint density at radius 2 is 1.79 bits per heavy atom. The van der Waals surface area contributed by atoms with Crippen molar-refractivity contribution in [1.29, 1.82) is 0 Å². The maximum atomic E-state index is 13.0. The molecule has 1 N–H and O–H groups in total. The van der Waals surface area contributed by atoms with Gasteiger partial charge in [-0.15, -0.1) is 0 Å². The molecule has 4 rings (SSSR count). The Kier molecular flexibility index (Phi) is 5.27. The van der Waals surface area contributed by atoms with Crippen LogP contribution in [0.2, 0.25) is 0 Å². The summed E-state index contributed by atoms with van der Waals surface area (Å²) in [5.74, 6) is 0.384. The van der Waals surface area contributed by atoms with Crippen LogP contribution in [0, 0.1) is 0 Å². The van der Waals surface area contributed by atoms with Crippen LogP contribution in [-0.4, -0.2) is 34.6 Å². The first kappa shape index (κ1) is 19.1. The Labute approximate surface area is 171 Å². The lowest BCUT2D eigenvalue weighted by atomic mass is 10.0. The Morgan fingerprint density at radius 1 is 1.03 bits per heavy atom. The number of nitrogens with one attached hydrogen (secondary N) is 1. The zero-order valence-electron chi connectivity index (χ0n) is 16.3. The third-order valence-corrected chi connectivity index (χ3v) is 6.03. The van der Waals surface area contributed by atoms with Gasteiger partial charge in [0.2, 0.25) is 0 Å². The van der Waals surface area contributed by atoms with E-state index in [0.717, 1.165) is 39.7 Å². The minimum absolute atomic E-state index is 0.384. The molecule has 0 saturated heterocycles. The van der Waals surface area contributed by atoms with Gasteiger partial charge in [-0.1, -0.05) is 48.5 Å². The number of fused-ring (bicyclic) bond motifs is 1. The first-order valence-electron chi connectivity index (χ1n) is 9.25.